The number of aliphatic hydroxyl groups excluding tert-OH is 6. The van der Waals surface area contributed by atoms with E-state index in [-0.39, 0.29) is 28.2 Å². The van der Waals surface area contributed by atoms with Crippen molar-refractivity contribution in [1.29, 1.82) is 0 Å². The Balaban J connectivity index is 1.38. The molecule has 42 heavy (non-hydrogen) atoms. The first-order chi connectivity index (χ1) is 19.8. The van der Waals surface area contributed by atoms with Crippen LogP contribution in [0, 0.1) is 0 Å². The Labute approximate surface area is 235 Å². The quantitative estimate of drug-likeness (QED) is 0.156. The van der Waals surface area contributed by atoms with E-state index in [1.54, 1.807) is 0 Å². The molecule has 15 nitrogen and oxygen atoms in total. The van der Waals surface area contributed by atoms with E-state index in [4.69, 9.17) is 23.4 Å². The Morgan fingerprint density at radius 3 is 2.12 bits per heavy atom. The lowest BCUT2D eigenvalue weighted by Crippen LogP contribution is -2.63. The topological polar surface area (TPSA) is 246 Å². The molecule has 0 bridgehead atoms. The summed E-state index contributed by atoms with van der Waals surface area (Å²) in [6, 6.07) is 9.09. The molecule has 2 aliphatic rings. The number of hydrogen-bond donors (Lipinski definition) is 8. The number of rotatable bonds is 5. The van der Waals surface area contributed by atoms with Gasteiger partial charge in [-0.05, 0) is 31.2 Å². The van der Waals surface area contributed by atoms with Gasteiger partial charge in [0.15, 0.2) is 11.5 Å². The highest BCUT2D eigenvalue weighted by molar-refractivity contribution is 5.86. The van der Waals surface area contributed by atoms with E-state index in [0.717, 1.165) is 12.1 Å². The number of phenols is 2. The number of fused-ring (bicyclic) bond motifs is 1. The molecule has 1 aromatic heterocycles. The predicted molar refractivity (Wildman–Crippen MR) is 137 cm³/mol. The molecule has 10 unspecified atom stereocenters. The summed E-state index contributed by atoms with van der Waals surface area (Å²) < 4.78 is 26.9. The zero-order chi connectivity index (χ0) is 30.5. The molecule has 3 aromatic rings. The van der Waals surface area contributed by atoms with Crippen LogP contribution in [-0.4, -0.2) is 108 Å². The van der Waals surface area contributed by atoms with Crippen LogP contribution in [0.4, 0.5) is 0 Å². The molecule has 10 atom stereocenters. The molecule has 0 spiro atoms. The van der Waals surface area contributed by atoms with Gasteiger partial charge in [0.2, 0.25) is 12.6 Å². The molecule has 8 N–H and O–H groups in total. The molecule has 2 fully saturated rings. The Bertz CT molecular complexity index is 1500. The van der Waals surface area contributed by atoms with E-state index in [1.807, 2.05) is 0 Å². The van der Waals surface area contributed by atoms with Crippen LogP contribution in [0.5, 0.6) is 17.2 Å². The normalized spacial score (nSPS) is 33.3. The molecule has 0 saturated carbocycles. The first-order valence-electron chi connectivity index (χ1n) is 12.7. The molecule has 0 amide bonds. The van der Waals surface area contributed by atoms with Crippen molar-refractivity contribution < 1.29 is 69.0 Å². The number of phenolic OH excluding ortho intramolecular Hbond substituents is 2. The van der Waals surface area contributed by atoms with E-state index >= 15 is 0 Å². The number of ether oxygens (including phenoxy) is 4. The van der Waals surface area contributed by atoms with Gasteiger partial charge in [0.1, 0.15) is 70.6 Å². The summed E-state index contributed by atoms with van der Waals surface area (Å²) >= 11 is 0. The fraction of sp³-hybridized carbons (Fsp3) is 0.407. The average molecular weight is 593 g/mol. The minimum absolute atomic E-state index is 0.0101. The Morgan fingerprint density at radius 2 is 1.43 bits per heavy atom. The number of aliphatic hydroxyl groups is 6. The molecule has 0 radical (unpaired) electrons. The number of hydrogen-bond acceptors (Lipinski definition) is 15. The van der Waals surface area contributed by atoms with Gasteiger partial charge in [-0.3, -0.25) is 4.79 Å². The van der Waals surface area contributed by atoms with Crippen LogP contribution in [-0.2, 0) is 19.0 Å². The molecule has 2 aliphatic heterocycles. The molecular weight excluding hydrogens is 564 g/mol. The first kappa shape index (κ1) is 29.7. The van der Waals surface area contributed by atoms with E-state index in [9.17, 15) is 50.4 Å². The van der Waals surface area contributed by atoms with Crippen LogP contribution < -0.4 is 10.2 Å². The van der Waals surface area contributed by atoms with Crippen LogP contribution in [0.3, 0.4) is 0 Å². The monoisotopic (exact) mass is 592 g/mol. The van der Waals surface area contributed by atoms with Gasteiger partial charge in [-0.25, -0.2) is 4.79 Å². The number of aromatic hydroxyl groups is 2. The summed E-state index contributed by atoms with van der Waals surface area (Å²) in [5.74, 6) is -2.08. The summed E-state index contributed by atoms with van der Waals surface area (Å²) in [6.07, 6.45) is -17.6. The molecular formula is C27H28O15. The van der Waals surface area contributed by atoms with E-state index in [1.165, 1.54) is 37.3 Å². The van der Waals surface area contributed by atoms with Gasteiger partial charge in [0, 0.05) is 23.8 Å². The fourth-order valence-electron chi connectivity index (χ4n) is 4.65. The smallest absolute Gasteiger partial charge is 0.340 e. The average Bonchev–Trinajstić information content (AvgIpc) is 2.94. The van der Waals surface area contributed by atoms with Gasteiger partial charge < -0.3 is 64.2 Å². The first-order valence-corrected chi connectivity index (χ1v) is 12.7. The summed E-state index contributed by atoms with van der Waals surface area (Å²) in [4.78, 5) is 25.5. The standard InChI is InChI=1S/C27H28O15/c1-9-18(31)19(32)22(35)26(38-9)42-25(37)24-21(34)20(33)23(36)27(41-24)39-12-6-13(29)17-14(30)8-15(40-16(17)7-12)10-2-4-11(28)5-3-10/h2-9,18-24,26-29,31-36H,1H3. The predicted octanol–water partition coefficient (Wildman–Crippen LogP) is -1.57. The van der Waals surface area contributed by atoms with Gasteiger partial charge >= 0.3 is 5.97 Å². The Morgan fingerprint density at radius 1 is 0.786 bits per heavy atom. The molecule has 15 heteroatoms. The van der Waals surface area contributed by atoms with Crippen molar-refractivity contribution >= 4 is 16.9 Å². The molecule has 0 aliphatic carbocycles. The van der Waals surface area contributed by atoms with Crippen LogP contribution in [0.1, 0.15) is 6.92 Å². The van der Waals surface area contributed by atoms with Gasteiger partial charge in [0.05, 0.1) is 6.10 Å². The van der Waals surface area contributed by atoms with Crippen LogP contribution >= 0.6 is 0 Å². The van der Waals surface area contributed by atoms with Crippen LogP contribution in [0.25, 0.3) is 22.3 Å². The van der Waals surface area contributed by atoms with Crippen molar-refractivity contribution in [2.24, 2.45) is 0 Å². The lowest BCUT2D eigenvalue weighted by Gasteiger charge is -2.41. The SMILES string of the molecule is CC1OC(OC(=O)C2OC(Oc3cc(O)c4c(=O)cc(-c5ccc(O)cc5)oc4c3)C(O)C(O)C2O)C(O)C(O)C1O. The maximum Gasteiger partial charge on any atom is 0.340 e. The summed E-state index contributed by atoms with van der Waals surface area (Å²) in [5.41, 5.74) is -0.302. The summed E-state index contributed by atoms with van der Waals surface area (Å²) in [6.45, 7) is 1.35. The zero-order valence-corrected chi connectivity index (χ0v) is 21.8. The molecule has 3 heterocycles. The number of carbonyl (C=O) groups excluding carboxylic acids is 1. The highest BCUT2D eigenvalue weighted by Gasteiger charge is 2.51. The van der Waals surface area contributed by atoms with E-state index in [0.29, 0.717) is 5.56 Å². The Kier molecular flexibility index (Phi) is 8.10. The van der Waals surface area contributed by atoms with Crippen molar-refractivity contribution in [3.63, 3.8) is 0 Å². The number of carbonyl (C=O) groups is 1. The van der Waals surface area contributed by atoms with Gasteiger partial charge in [-0.15, -0.1) is 0 Å². The maximum atomic E-state index is 12.8. The van der Waals surface area contributed by atoms with Crippen molar-refractivity contribution in [3.05, 3.63) is 52.7 Å². The molecule has 2 aromatic carbocycles. The lowest BCUT2D eigenvalue weighted by molar-refractivity contribution is -0.302. The summed E-state index contributed by atoms with van der Waals surface area (Å²) in [5, 5.41) is 81.0. The van der Waals surface area contributed by atoms with E-state index in [2.05, 4.69) is 0 Å². The molecule has 2 saturated heterocycles. The highest BCUT2D eigenvalue weighted by Crippen LogP contribution is 2.34. The van der Waals surface area contributed by atoms with Crippen molar-refractivity contribution in [1.82, 2.24) is 0 Å². The Hall–Kier alpha value is -3.80. The van der Waals surface area contributed by atoms with Gasteiger partial charge in [-0.1, -0.05) is 0 Å². The van der Waals surface area contributed by atoms with Crippen molar-refractivity contribution in [3.8, 4) is 28.6 Å². The van der Waals surface area contributed by atoms with Crippen LogP contribution in [0.2, 0.25) is 0 Å². The fourth-order valence-corrected chi connectivity index (χ4v) is 4.65. The maximum absolute atomic E-state index is 12.8. The molecule has 226 valence electrons. The zero-order valence-electron chi connectivity index (χ0n) is 21.8. The minimum Gasteiger partial charge on any atom is -0.508 e. The number of esters is 1. The van der Waals surface area contributed by atoms with Crippen molar-refractivity contribution in [2.75, 3.05) is 0 Å². The van der Waals surface area contributed by atoms with Gasteiger partial charge in [0.25, 0.3) is 0 Å². The largest absolute Gasteiger partial charge is 0.508 e. The second-order valence-electron chi connectivity index (χ2n) is 9.97. The summed E-state index contributed by atoms with van der Waals surface area (Å²) in [7, 11) is 0. The minimum atomic E-state index is -2.03. The van der Waals surface area contributed by atoms with Gasteiger partial charge in [-0.2, -0.15) is 0 Å². The second-order valence-corrected chi connectivity index (χ2v) is 9.97. The highest BCUT2D eigenvalue weighted by atomic mass is 16.7. The molecule has 5 rings (SSSR count). The third-order valence-electron chi connectivity index (χ3n) is 7.03. The second kappa shape index (κ2) is 11.5. The third kappa shape index (κ3) is 5.51. The third-order valence-corrected chi connectivity index (χ3v) is 7.03. The number of benzene rings is 2. The van der Waals surface area contributed by atoms with E-state index < -0.39 is 78.6 Å². The van der Waals surface area contributed by atoms with Crippen LogP contribution in [0.15, 0.2) is 51.7 Å². The van der Waals surface area contributed by atoms with Crippen molar-refractivity contribution in [2.45, 2.75) is 68.3 Å². The lowest BCUT2D eigenvalue weighted by atomic mass is 9.98.